The van der Waals surface area contributed by atoms with Gasteiger partial charge in [0.2, 0.25) is 5.91 Å². The van der Waals surface area contributed by atoms with Crippen LogP contribution in [0.15, 0.2) is 42.5 Å². The minimum Gasteiger partial charge on any atom is -0.497 e. The standard InChI is InChI=1S/C16H14F2N2O3/c1-23-12-4-2-3-10(7-12)16(22)19-9-15(21)20-11-5-6-13(17)14(18)8-11/h2-8H,9H2,1H3,(H,19,22)(H,20,21). The Kier molecular flexibility index (Phi) is 5.24. The van der Waals surface area contributed by atoms with Crippen LogP contribution in [0.4, 0.5) is 14.5 Å². The maximum atomic E-state index is 13.0. The largest absolute Gasteiger partial charge is 0.497 e. The van der Waals surface area contributed by atoms with Gasteiger partial charge in [0.15, 0.2) is 11.6 Å². The van der Waals surface area contributed by atoms with Gasteiger partial charge in [0.1, 0.15) is 5.75 Å². The molecule has 23 heavy (non-hydrogen) atoms. The average molecular weight is 320 g/mol. The number of rotatable bonds is 5. The lowest BCUT2D eigenvalue weighted by atomic mass is 10.2. The fourth-order valence-electron chi connectivity index (χ4n) is 1.81. The van der Waals surface area contributed by atoms with Crippen molar-refractivity contribution in [2.45, 2.75) is 0 Å². The molecule has 0 atom stereocenters. The lowest BCUT2D eigenvalue weighted by Gasteiger charge is -2.08. The molecule has 0 fully saturated rings. The van der Waals surface area contributed by atoms with Crippen molar-refractivity contribution >= 4 is 17.5 Å². The number of amides is 2. The summed E-state index contributed by atoms with van der Waals surface area (Å²) in [6.45, 7) is -0.310. The van der Waals surface area contributed by atoms with Crippen molar-refractivity contribution in [3.63, 3.8) is 0 Å². The van der Waals surface area contributed by atoms with Gasteiger partial charge in [-0.2, -0.15) is 0 Å². The van der Waals surface area contributed by atoms with Gasteiger partial charge >= 0.3 is 0 Å². The van der Waals surface area contributed by atoms with Crippen LogP contribution in [0.3, 0.4) is 0 Å². The number of anilines is 1. The van der Waals surface area contributed by atoms with E-state index in [1.165, 1.54) is 19.2 Å². The summed E-state index contributed by atoms with van der Waals surface area (Å²) in [4.78, 5) is 23.6. The normalized spacial score (nSPS) is 10.0. The first-order valence-corrected chi connectivity index (χ1v) is 6.67. The van der Waals surface area contributed by atoms with E-state index in [1.54, 1.807) is 18.2 Å². The van der Waals surface area contributed by atoms with Crippen LogP contribution in [0.2, 0.25) is 0 Å². The molecule has 0 saturated heterocycles. The minimum absolute atomic E-state index is 0.101. The molecule has 0 saturated carbocycles. The highest BCUT2D eigenvalue weighted by molar-refractivity contribution is 5.99. The van der Waals surface area contributed by atoms with E-state index in [9.17, 15) is 18.4 Å². The van der Waals surface area contributed by atoms with Crippen LogP contribution < -0.4 is 15.4 Å². The second-order valence-electron chi connectivity index (χ2n) is 4.59. The molecule has 5 nitrogen and oxygen atoms in total. The highest BCUT2D eigenvalue weighted by Crippen LogP contribution is 2.13. The molecule has 0 radical (unpaired) electrons. The van der Waals surface area contributed by atoms with Gasteiger partial charge in [0.05, 0.1) is 13.7 Å². The Morgan fingerprint density at radius 3 is 2.57 bits per heavy atom. The Balaban J connectivity index is 1.90. The summed E-state index contributed by atoms with van der Waals surface area (Å²) < 4.78 is 30.8. The van der Waals surface area contributed by atoms with Gasteiger partial charge in [-0.3, -0.25) is 9.59 Å². The predicted octanol–water partition coefficient (Wildman–Crippen LogP) is 2.34. The van der Waals surface area contributed by atoms with Crippen LogP contribution in [0.1, 0.15) is 10.4 Å². The van der Waals surface area contributed by atoms with Crippen molar-refractivity contribution in [1.82, 2.24) is 5.32 Å². The topological polar surface area (TPSA) is 67.4 Å². The number of hydrogen-bond acceptors (Lipinski definition) is 3. The van der Waals surface area contributed by atoms with E-state index in [0.717, 1.165) is 12.1 Å². The highest BCUT2D eigenvalue weighted by Gasteiger charge is 2.10. The van der Waals surface area contributed by atoms with Crippen molar-refractivity contribution in [3.05, 3.63) is 59.7 Å². The summed E-state index contributed by atoms with van der Waals surface area (Å²) in [5.74, 6) is -2.57. The fourth-order valence-corrected chi connectivity index (χ4v) is 1.81. The van der Waals surface area contributed by atoms with E-state index >= 15 is 0 Å². The zero-order valence-electron chi connectivity index (χ0n) is 12.2. The number of hydrogen-bond donors (Lipinski definition) is 2. The second-order valence-corrected chi connectivity index (χ2v) is 4.59. The molecular weight excluding hydrogens is 306 g/mol. The molecule has 2 rings (SSSR count). The second kappa shape index (κ2) is 7.35. The number of nitrogens with one attached hydrogen (secondary N) is 2. The zero-order chi connectivity index (χ0) is 16.8. The van der Waals surface area contributed by atoms with Gasteiger partial charge in [0, 0.05) is 17.3 Å². The Bertz CT molecular complexity index is 735. The van der Waals surface area contributed by atoms with E-state index in [0.29, 0.717) is 11.3 Å². The van der Waals surface area contributed by atoms with E-state index in [-0.39, 0.29) is 12.2 Å². The average Bonchev–Trinajstić information content (AvgIpc) is 2.56. The summed E-state index contributed by atoms with van der Waals surface area (Å²) in [5.41, 5.74) is 0.439. The van der Waals surface area contributed by atoms with Crippen LogP contribution >= 0.6 is 0 Å². The number of halogens is 2. The summed E-state index contributed by atoms with van der Waals surface area (Å²) in [7, 11) is 1.48. The Morgan fingerprint density at radius 2 is 1.87 bits per heavy atom. The minimum atomic E-state index is -1.07. The highest BCUT2D eigenvalue weighted by atomic mass is 19.2. The summed E-state index contributed by atoms with van der Waals surface area (Å²) >= 11 is 0. The zero-order valence-corrected chi connectivity index (χ0v) is 12.2. The molecule has 0 aliphatic rings. The maximum absolute atomic E-state index is 13.0. The third-order valence-corrected chi connectivity index (χ3v) is 2.94. The van der Waals surface area contributed by atoms with Crippen molar-refractivity contribution < 1.29 is 23.1 Å². The molecule has 0 bridgehead atoms. The van der Waals surface area contributed by atoms with Crippen molar-refractivity contribution in [3.8, 4) is 5.75 Å². The lowest BCUT2D eigenvalue weighted by Crippen LogP contribution is -2.32. The van der Waals surface area contributed by atoms with Gasteiger partial charge < -0.3 is 15.4 Å². The van der Waals surface area contributed by atoms with E-state index in [2.05, 4.69) is 10.6 Å². The number of methoxy groups -OCH3 is 1. The first kappa shape index (κ1) is 16.4. The molecule has 120 valence electrons. The molecule has 2 aromatic carbocycles. The Morgan fingerprint density at radius 1 is 1.09 bits per heavy atom. The quantitative estimate of drug-likeness (QED) is 0.888. The van der Waals surface area contributed by atoms with E-state index in [4.69, 9.17) is 4.74 Å². The first-order chi connectivity index (χ1) is 11.0. The molecule has 0 aromatic heterocycles. The molecule has 0 unspecified atom stereocenters. The van der Waals surface area contributed by atoms with Gasteiger partial charge in [-0.1, -0.05) is 6.07 Å². The van der Waals surface area contributed by atoms with Crippen molar-refractivity contribution in [2.24, 2.45) is 0 Å². The van der Waals surface area contributed by atoms with Crippen LogP contribution in [-0.2, 0) is 4.79 Å². The van der Waals surface area contributed by atoms with Crippen molar-refractivity contribution in [2.75, 3.05) is 19.0 Å². The lowest BCUT2D eigenvalue weighted by molar-refractivity contribution is -0.115. The third-order valence-electron chi connectivity index (χ3n) is 2.94. The number of benzene rings is 2. The number of carbonyl (C=O) groups excluding carboxylic acids is 2. The smallest absolute Gasteiger partial charge is 0.251 e. The molecule has 0 aliphatic heterocycles. The van der Waals surface area contributed by atoms with Gasteiger partial charge in [-0.15, -0.1) is 0 Å². The van der Waals surface area contributed by atoms with Gasteiger partial charge in [-0.05, 0) is 30.3 Å². The molecule has 0 aliphatic carbocycles. The van der Waals surface area contributed by atoms with Crippen LogP contribution in [-0.4, -0.2) is 25.5 Å². The predicted molar refractivity (Wildman–Crippen MR) is 80.3 cm³/mol. The van der Waals surface area contributed by atoms with Crippen LogP contribution in [0, 0.1) is 11.6 Å². The SMILES string of the molecule is COc1cccc(C(=O)NCC(=O)Nc2ccc(F)c(F)c2)c1. The maximum Gasteiger partial charge on any atom is 0.251 e. The molecule has 2 aromatic rings. The first-order valence-electron chi connectivity index (χ1n) is 6.67. The van der Waals surface area contributed by atoms with E-state index in [1.807, 2.05) is 0 Å². The van der Waals surface area contributed by atoms with Gasteiger partial charge in [0.25, 0.3) is 5.91 Å². The number of carbonyl (C=O) groups is 2. The summed E-state index contributed by atoms with van der Waals surface area (Å²) in [5, 5.41) is 4.78. The molecule has 2 amide bonds. The Labute approximate surface area is 131 Å². The summed E-state index contributed by atoms with van der Waals surface area (Å²) in [6, 6.07) is 9.42. The van der Waals surface area contributed by atoms with Crippen molar-refractivity contribution in [1.29, 1.82) is 0 Å². The molecule has 0 spiro atoms. The summed E-state index contributed by atoms with van der Waals surface area (Å²) in [6.07, 6.45) is 0. The fraction of sp³-hybridized carbons (Fsp3) is 0.125. The number of ether oxygens (including phenoxy) is 1. The Hall–Kier alpha value is -2.96. The molecule has 7 heteroatoms. The van der Waals surface area contributed by atoms with Crippen LogP contribution in [0.5, 0.6) is 5.75 Å². The molecule has 2 N–H and O–H groups in total. The molecular formula is C16H14F2N2O3. The van der Waals surface area contributed by atoms with E-state index < -0.39 is 23.4 Å². The molecule has 0 heterocycles. The van der Waals surface area contributed by atoms with Gasteiger partial charge in [-0.25, -0.2) is 8.78 Å². The van der Waals surface area contributed by atoms with Crippen LogP contribution in [0.25, 0.3) is 0 Å². The monoisotopic (exact) mass is 320 g/mol. The third kappa shape index (κ3) is 4.50.